The summed E-state index contributed by atoms with van der Waals surface area (Å²) in [5.74, 6) is 1.90. The van der Waals surface area contributed by atoms with E-state index in [2.05, 4.69) is 29.4 Å². The lowest BCUT2D eigenvalue weighted by atomic mass is 9.79. The van der Waals surface area contributed by atoms with Gasteiger partial charge in [-0.15, -0.1) is 0 Å². The van der Waals surface area contributed by atoms with Crippen molar-refractivity contribution in [3.63, 3.8) is 0 Å². The fourth-order valence-corrected chi connectivity index (χ4v) is 5.34. The van der Waals surface area contributed by atoms with Gasteiger partial charge in [0, 0.05) is 25.1 Å². The van der Waals surface area contributed by atoms with E-state index in [9.17, 15) is 9.90 Å². The van der Waals surface area contributed by atoms with Crippen LogP contribution in [0.4, 0.5) is 0 Å². The summed E-state index contributed by atoms with van der Waals surface area (Å²) in [5.41, 5.74) is 6.87. The molecule has 5 N–H and O–H groups in total. The summed E-state index contributed by atoms with van der Waals surface area (Å²) < 4.78 is 5.94. The van der Waals surface area contributed by atoms with Crippen molar-refractivity contribution in [2.24, 2.45) is 10.7 Å². The summed E-state index contributed by atoms with van der Waals surface area (Å²) in [6.45, 7) is 11.9. The molecule has 0 spiro atoms. The molecule has 4 atom stereocenters. The number of amides is 1. The van der Waals surface area contributed by atoms with E-state index >= 15 is 0 Å². The molecule has 8 heteroatoms. The molecule has 0 radical (unpaired) electrons. The maximum absolute atomic E-state index is 13.4. The number of nitrogens with one attached hydrogen (secondary N) is 2. The second-order valence-corrected chi connectivity index (χ2v) is 10.1. The molecular formula is C25H37N5O3. The number of carbonyl (C=O) groups excluding carboxylic acids is 1. The molecule has 33 heavy (non-hydrogen) atoms. The van der Waals surface area contributed by atoms with Crippen LogP contribution >= 0.6 is 0 Å². The van der Waals surface area contributed by atoms with Crippen LogP contribution in [0.25, 0.3) is 0 Å². The fraction of sp³-hybridized carbons (Fsp3) is 0.600. The zero-order chi connectivity index (χ0) is 24.0. The van der Waals surface area contributed by atoms with Crippen LogP contribution in [0.15, 0.2) is 35.1 Å². The van der Waals surface area contributed by atoms with E-state index in [-0.39, 0.29) is 17.4 Å². The highest BCUT2D eigenvalue weighted by atomic mass is 16.5. The number of nitrogens with two attached hydrogens (primary N) is 1. The van der Waals surface area contributed by atoms with Crippen molar-refractivity contribution in [2.75, 3.05) is 19.7 Å². The van der Waals surface area contributed by atoms with E-state index in [1.807, 2.05) is 39.0 Å². The average Bonchev–Trinajstić information content (AvgIpc) is 3.05. The molecule has 1 amide bonds. The van der Waals surface area contributed by atoms with E-state index in [4.69, 9.17) is 15.5 Å². The Kier molecular flexibility index (Phi) is 6.07. The zero-order valence-corrected chi connectivity index (χ0v) is 20.3. The van der Waals surface area contributed by atoms with Gasteiger partial charge in [0.25, 0.3) is 5.91 Å². The van der Waals surface area contributed by atoms with Crippen LogP contribution in [0.5, 0.6) is 5.75 Å². The Balaban J connectivity index is 1.62. The van der Waals surface area contributed by atoms with Gasteiger partial charge in [0.15, 0.2) is 0 Å². The molecule has 0 aliphatic carbocycles. The van der Waals surface area contributed by atoms with Gasteiger partial charge in [-0.1, -0.05) is 32.9 Å². The third kappa shape index (κ3) is 3.84. The minimum Gasteiger partial charge on any atom is -0.492 e. The summed E-state index contributed by atoms with van der Waals surface area (Å²) in [4.78, 5) is 20.2. The first kappa shape index (κ1) is 23.4. The van der Waals surface area contributed by atoms with Gasteiger partial charge < -0.3 is 31.1 Å². The molecular weight excluding hydrogens is 418 g/mol. The van der Waals surface area contributed by atoms with Crippen molar-refractivity contribution >= 4 is 11.7 Å². The number of aliphatic hydroxyl groups excluding tert-OH is 1. The second-order valence-electron chi connectivity index (χ2n) is 10.1. The number of rotatable bonds is 4. The Morgan fingerprint density at radius 3 is 2.88 bits per heavy atom. The summed E-state index contributed by atoms with van der Waals surface area (Å²) in [6, 6.07) is 5.01. The van der Waals surface area contributed by atoms with Crippen molar-refractivity contribution in [1.29, 1.82) is 0 Å². The summed E-state index contributed by atoms with van der Waals surface area (Å²) in [7, 11) is 0. The monoisotopic (exact) mass is 455 g/mol. The minimum atomic E-state index is -0.825. The number of nitrogens with zero attached hydrogens (tertiary/aromatic N) is 2. The number of hydrogen-bond donors (Lipinski definition) is 4. The van der Waals surface area contributed by atoms with Crippen molar-refractivity contribution in [3.8, 4) is 5.75 Å². The largest absolute Gasteiger partial charge is 0.492 e. The van der Waals surface area contributed by atoms with Crippen LogP contribution in [-0.2, 0) is 5.41 Å². The van der Waals surface area contributed by atoms with Crippen LogP contribution < -0.4 is 21.1 Å². The van der Waals surface area contributed by atoms with Crippen molar-refractivity contribution in [3.05, 3.63) is 41.2 Å². The lowest BCUT2D eigenvalue weighted by molar-refractivity contribution is 0.0143. The first-order valence-electron chi connectivity index (χ1n) is 11.9. The maximum Gasteiger partial charge on any atom is 0.255 e. The highest BCUT2D eigenvalue weighted by Gasteiger charge is 2.57. The highest BCUT2D eigenvalue weighted by molar-refractivity contribution is 5.98. The van der Waals surface area contributed by atoms with Gasteiger partial charge in [-0.3, -0.25) is 9.79 Å². The van der Waals surface area contributed by atoms with Gasteiger partial charge in [0.1, 0.15) is 11.9 Å². The Hall–Kier alpha value is -2.74. The molecule has 1 aromatic rings. The zero-order valence-electron chi connectivity index (χ0n) is 20.3. The number of allylic oxidation sites excluding steroid dienone is 1. The Morgan fingerprint density at radius 1 is 1.42 bits per heavy atom. The number of benzene rings is 1. The molecule has 2 fully saturated rings. The van der Waals surface area contributed by atoms with Gasteiger partial charge in [-0.05, 0) is 37.8 Å². The van der Waals surface area contributed by atoms with Crippen LogP contribution in [-0.4, -0.2) is 65.2 Å². The van der Waals surface area contributed by atoms with Crippen LogP contribution in [0.1, 0.15) is 63.4 Å². The van der Waals surface area contributed by atoms with Gasteiger partial charge in [0.2, 0.25) is 0 Å². The molecule has 3 heterocycles. The highest BCUT2D eigenvalue weighted by Crippen LogP contribution is 2.41. The lowest BCUT2D eigenvalue weighted by Gasteiger charge is -2.48. The number of para-hydroxylation sites is 1. The topological polar surface area (TPSA) is 112 Å². The lowest BCUT2D eigenvalue weighted by Crippen LogP contribution is -2.64. The normalized spacial score (nSPS) is 31.9. The van der Waals surface area contributed by atoms with Gasteiger partial charge >= 0.3 is 0 Å². The summed E-state index contributed by atoms with van der Waals surface area (Å²) >= 11 is 0. The first-order valence-corrected chi connectivity index (χ1v) is 11.9. The number of fused-ring (bicyclic) bond motifs is 2. The van der Waals surface area contributed by atoms with E-state index in [0.717, 1.165) is 17.8 Å². The predicted molar refractivity (Wildman–Crippen MR) is 129 cm³/mol. The number of amidine groups is 1. The molecule has 1 aromatic carbocycles. The number of aliphatic imine (C=N–C) groups is 1. The van der Waals surface area contributed by atoms with E-state index < -0.39 is 17.7 Å². The quantitative estimate of drug-likeness (QED) is 0.407. The maximum atomic E-state index is 13.4. The van der Waals surface area contributed by atoms with Crippen molar-refractivity contribution in [1.82, 2.24) is 15.5 Å². The number of ether oxygens (including phenoxy) is 1. The molecule has 2 saturated heterocycles. The van der Waals surface area contributed by atoms with Crippen LogP contribution in [0, 0.1) is 0 Å². The van der Waals surface area contributed by atoms with Crippen molar-refractivity contribution in [2.45, 2.75) is 76.6 Å². The molecule has 0 bridgehead atoms. The van der Waals surface area contributed by atoms with E-state index in [1.165, 1.54) is 0 Å². The minimum absolute atomic E-state index is 0.0538. The fourth-order valence-electron chi connectivity index (χ4n) is 5.34. The summed E-state index contributed by atoms with van der Waals surface area (Å²) in [5, 5.41) is 18.0. The number of carbonyl (C=O) groups is 1. The van der Waals surface area contributed by atoms with Gasteiger partial charge in [-0.25, -0.2) is 0 Å². The van der Waals surface area contributed by atoms with Gasteiger partial charge in [-0.2, -0.15) is 0 Å². The van der Waals surface area contributed by atoms with Crippen LogP contribution in [0.3, 0.4) is 0 Å². The van der Waals surface area contributed by atoms with E-state index in [0.29, 0.717) is 43.3 Å². The van der Waals surface area contributed by atoms with E-state index in [1.54, 1.807) is 6.07 Å². The standard InChI is InChI=1S/C25H37N5O3/c1-6-19(26)29-18-13-27-20(7-2)30-14-17(22(31)25(18,30)5)28-23(32)15-9-8-10-16-21(15)33-12-11-24(16,3)4/h7-10,17-18,22,27,31H,6,11-14H2,1-5H3,(H2,26,29)(H,28,32)/b20-7-/t17?,18?,22-,25?/m1/s1. The molecule has 3 aliphatic rings. The molecule has 180 valence electrons. The first-order chi connectivity index (χ1) is 15.6. The summed E-state index contributed by atoms with van der Waals surface area (Å²) in [6.07, 6.45) is 2.71. The van der Waals surface area contributed by atoms with Crippen molar-refractivity contribution < 1.29 is 14.6 Å². The number of hydrogen-bond acceptors (Lipinski definition) is 6. The average molecular weight is 456 g/mol. The molecule has 8 nitrogen and oxygen atoms in total. The Labute approximate surface area is 196 Å². The van der Waals surface area contributed by atoms with Crippen LogP contribution in [0.2, 0.25) is 0 Å². The molecule has 0 aromatic heterocycles. The third-order valence-electron chi connectivity index (χ3n) is 7.62. The third-order valence-corrected chi connectivity index (χ3v) is 7.62. The second kappa shape index (κ2) is 8.56. The van der Waals surface area contributed by atoms with Gasteiger partial charge in [0.05, 0.1) is 41.4 Å². The predicted octanol–water partition coefficient (Wildman–Crippen LogP) is 1.88. The smallest absolute Gasteiger partial charge is 0.255 e. The Morgan fingerprint density at radius 2 is 2.18 bits per heavy atom. The molecule has 3 aliphatic heterocycles. The molecule has 3 unspecified atom stereocenters. The molecule has 0 saturated carbocycles. The molecule has 4 rings (SSSR count). The Bertz CT molecular complexity index is 988. The SMILES string of the molecule is C/C=C1/NCC(N=C(N)CC)C2(C)[C@H](O)C(NC(=O)c3cccc4c3OCCC4(C)C)CN12. The number of aliphatic hydroxyl groups is 1.